The highest BCUT2D eigenvalue weighted by Crippen LogP contribution is 1.95. The summed E-state index contributed by atoms with van der Waals surface area (Å²) >= 11 is 5.44. The van der Waals surface area contributed by atoms with E-state index in [4.69, 9.17) is 38.2 Å². The Bertz CT molecular complexity index is 278. The molecule has 0 aromatic carbocycles. The monoisotopic (exact) mass is 284 g/mol. The molecule has 10 heteroatoms. The normalized spacial score (nSPS) is 13.2. The molecule has 0 heterocycles. The van der Waals surface area contributed by atoms with Crippen LogP contribution in [0.25, 0.3) is 0 Å². The van der Waals surface area contributed by atoms with Crippen LogP contribution < -0.4 is 16.9 Å². The van der Waals surface area contributed by atoms with Crippen molar-refractivity contribution in [2.45, 2.75) is 19.5 Å². The fraction of sp³-hybridized carbons (Fsp3) is 0.750. The van der Waals surface area contributed by atoms with Gasteiger partial charge >= 0.3 is 0 Å². The molecule has 0 saturated carbocycles. The molecule has 1 atom stereocenters. The third kappa shape index (κ3) is 8.79. The number of nitrogens with two attached hydrogens (primary N) is 2. The van der Waals surface area contributed by atoms with Crippen molar-refractivity contribution in [1.82, 2.24) is 10.7 Å². The van der Waals surface area contributed by atoms with Gasteiger partial charge in [-0.05, 0) is 13.3 Å². The van der Waals surface area contributed by atoms with E-state index >= 15 is 0 Å². The molecule has 0 aliphatic rings. The van der Waals surface area contributed by atoms with Crippen molar-refractivity contribution in [2.75, 3.05) is 19.1 Å². The minimum atomic E-state index is -1.23. The molecular formula is C8H18ClFN6O2. The molecule has 0 rings (SSSR count). The predicted octanol–water partition coefficient (Wildman–Crippen LogP) is -0.149. The standard InChI is InChI=1S/C8H18ClFN6O2/c1-6(10)5-18-16(7(11)12)14-8(13)15-17-4-2-3-9/h6H,2-5H2,1H3,(H3,11,12)(H3,13,14,15). The van der Waals surface area contributed by atoms with Crippen molar-refractivity contribution in [3.05, 3.63) is 0 Å². The van der Waals surface area contributed by atoms with Crippen LogP contribution in [0.1, 0.15) is 13.3 Å². The van der Waals surface area contributed by atoms with E-state index in [-0.39, 0.29) is 12.6 Å². The highest BCUT2D eigenvalue weighted by molar-refractivity contribution is 6.17. The Morgan fingerprint density at radius 1 is 1.61 bits per heavy atom. The maximum atomic E-state index is 12.6. The van der Waals surface area contributed by atoms with Gasteiger partial charge in [0, 0.05) is 5.88 Å². The zero-order valence-electron chi connectivity index (χ0n) is 10.0. The maximum Gasteiger partial charge on any atom is 0.238 e. The third-order valence-corrected chi connectivity index (χ3v) is 1.66. The van der Waals surface area contributed by atoms with Crippen LogP contribution in [0, 0.1) is 5.41 Å². The second-order valence-corrected chi connectivity index (χ2v) is 3.59. The number of guanidine groups is 2. The first-order valence-corrected chi connectivity index (χ1v) is 5.69. The van der Waals surface area contributed by atoms with Gasteiger partial charge < -0.3 is 11.5 Å². The van der Waals surface area contributed by atoms with E-state index in [1.165, 1.54) is 6.92 Å². The van der Waals surface area contributed by atoms with Gasteiger partial charge in [-0.2, -0.15) is 0 Å². The van der Waals surface area contributed by atoms with Gasteiger partial charge in [-0.25, -0.2) is 14.7 Å². The van der Waals surface area contributed by atoms with E-state index in [0.29, 0.717) is 24.1 Å². The summed E-state index contributed by atoms with van der Waals surface area (Å²) in [5, 5.41) is 11.3. The summed E-state index contributed by atoms with van der Waals surface area (Å²) < 4.78 is 12.6. The zero-order valence-corrected chi connectivity index (χ0v) is 10.8. The molecule has 1 unspecified atom stereocenters. The number of nitrogens with one attached hydrogen (secondary N) is 2. The van der Waals surface area contributed by atoms with E-state index in [1.807, 2.05) is 0 Å². The Kier molecular flexibility index (Phi) is 8.97. The molecule has 0 spiro atoms. The van der Waals surface area contributed by atoms with E-state index in [9.17, 15) is 4.39 Å². The number of hydrazone groups is 1. The number of alkyl halides is 2. The Morgan fingerprint density at radius 2 is 2.28 bits per heavy atom. The van der Waals surface area contributed by atoms with Crippen LogP contribution >= 0.6 is 11.6 Å². The molecular weight excluding hydrogens is 267 g/mol. The first-order chi connectivity index (χ1) is 8.47. The van der Waals surface area contributed by atoms with Crippen molar-refractivity contribution in [3.63, 3.8) is 0 Å². The van der Waals surface area contributed by atoms with Crippen LogP contribution in [0.2, 0.25) is 0 Å². The highest BCUT2D eigenvalue weighted by Gasteiger charge is 2.09. The summed E-state index contributed by atoms with van der Waals surface area (Å²) in [5.74, 6) is -0.275. The lowest BCUT2D eigenvalue weighted by Crippen LogP contribution is -2.40. The largest absolute Gasteiger partial charge is 0.367 e. The van der Waals surface area contributed by atoms with E-state index in [1.54, 1.807) is 0 Å². The molecule has 0 bridgehead atoms. The number of hydrogen-bond donors (Lipinski definition) is 4. The smallest absolute Gasteiger partial charge is 0.238 e. The van der Waals surface area contributed by atoms with Crippen LogP contribution in [0.15, 0.2) is 5.10 Å². The van der Waals surface area contributed by atoms with E-state index < -0.39 is 12.1 Å². The Morgan fingerprint density at radius 3 is 2.78 bits per heavy atom. The number of hydroxylamine groups is 2. The van der Waals surface area contributed by atoms with Crippen LogP contribution in [-0.2, 0) is 9.68 Å². The molecule has 106 valence electrons. The lowest BCUT2D eigenvalue weighted by molar-refractivity contribution is -0.116. The number of hydrogen-bond acceptors (Lipinski definition) is 4. The minimum Gasteiger partial charge on any atom is -0.367 e. The highest BCUT2D eigenvalue weighted by atomic mass is 35.5. The summed E-state index contributed by atoms with van der Waals surface area (Å²) in [6.07, 6.45) is -0.593. The molecule has 8 nitrogen and oxygen atoms in total. The first-order valence-electron chi connectivity index (χ1n) is 5.16. The zero-order chi connectivity index (χ0) is 14.0. The minimum absolute atomic E-state index is 0.189. The van der Waals surface area contributed by atoms with Gasteiger partial charge in [0.2, 0.25) is 11.9 Å². The van der Waals surface area contributed by atoms with Crippen LogP contribution in [-0.4, -0.2) is 42.4 Å². The first kappa shape index (κ1) is 16.7. The van der Waals surface area contributed by atoms with E-state index in [0.717, 1.165) is 0 Å². The van der Waals surface area contributed by atoms with Gasteiger partial charge in [0.15, 0.2) is 0 Å². The molecule has 18 heavy (non-hydrogen) atoms. The second kappa shape index (κ2) is 9.68. The van der Waals surface area contributed by atoms with E-state index in [2.05, 4.69) is 10.6 Å². The summed E-state index contributed by atoms with van der Waals surface area (Å²) in [6.45, 7) is 1.32. The van der Waals surface area contributed by atoms with Crippen LogP contribution in [0.3, 0.4) is 0 Å². The lowest BCUT2D eigenvalue weighted by Gasteiger charge is -2.17. The average molecular weight is 285 g/mol. The van der Waals surface area contributed by atoms with Gasteiger partial charge in [0.1, 0.15) is 12.8 Å². The molecule has 0 radical (unpaired) electrons. The van der Waals surface area contributed by atoms with Gasteiger partial charge in [-0.1, -0.05) is 5.17 Å². The van der Waals surface area contributed by atoms with Crippen molar-refractivity contribution in [2.24, 2.45) is 16.6 Å². The van der Waals surface area contributed by atoms with Gasteiger partial charge in [0.05, 0.1) is 6.61 Å². The summed E-state index contributed by atoms with van der Waals surface area (Å²) in [6, 6.07) is 0. The maximum absolute atomic E-state index is 12.6. The van der Waals surface area contributed by atoms with Crippen molar-refractivity contribution in [3.8, 4) is 0 Å². The predicted molar refractivity (Wildman–Crippen MR) is 66.3 cm³/mol. The summed E-state index contributed by atoms with van der Waals surface area (Å²) in [4.78, 5) is 9.67. The Balaban J connectivity index is 4.14. The van der Waals surface area contributed by atoms with Crippen molar-refractivity contribution in [1.29, 1.82) is 5.41 Å². The molecule has 0 saturated heterocycles. The van der Waals surface area contributed by atoms with Gasteiger partial charge in [0.25, 0.3) is 0 Å². The number of rotatable bonds is 8. The van der Waals surface area contributed by atoms with Gasteiger partial charge in [-0.15, -0.1) is 16.7 Å². The topological polar surface area (TPSA) is 122 Å². The third-order valence-electron chi connectivity index (χ3n) is 1.39. The Hall–Kier alpha value is -1.32. The molecule has 0 fully saturated rings. The second-order valence-electron chi connectivity index (χ2n) is 3.21. The summed E-state index contributed by atoms with van der Waals surface area (Å²) in [7, 11) is 0. The van der Waals surface area contributed by atoms with Crippen LogP contribution in [0.5, 0.6) is 0 Å². The molecule has 0 aliphatic heterocycles. The quantitative estimate of drug-likeness (QED) is 0.162. The molecule has 0 amide bonds. The fourth-order valence-corrected chi connectivity index (χ4v) is 0.805. The SMILES string of the molecule is CC(F)CON(N=C(N)NOCCCCl)C(=N)N. The number of nitrogens with zero attached hydrogens (tertiary/aromatic N) is 2. The lowest BCUT2D eigenvalue weighted by atomic mass is 10.5. The fourth-order valence-electron chi connectivity index (χ4n) is 0.696. The molecule has 6 N–H and O–H groups in total. The van der Waals surface area contributed by atoms with Crippen LogP contribution in [0.4, 0.5) is 4.39 Å². The Labute approximate surface area is 109 Å². The average Bonchev–Trinajstić information content (AvgIpc) is 2.29. The number of halogens is 2. The summed E-state index contributed by atoms with van der Waals surface area (Å²) in [5.41, 5.74) is 12.9. The van der Waals surface area contributed by atoms with Crippen molar-refractivity contribution >= 4 is 23.5 Å². The van der Waals surface area contributed by atoms with Crippen molar-refractivity contribution < 1.29 is 14.1 Å². The van der Waals surface area contributed by atoms with Gasteiger partial charge in [-0.3, -0.25) is 10.2 Å². The molecule has 0 aliphatic carbocycles. The molecule has 0 aromatic rings. The molecule has 0 aromatic heterocycles.